The summed E-state index contributed by atoms with van der Waals surface area (Å²) >= 11 is 5.33. The molecule has 0 bridgehead atoms. The van der Waals surface area contributed by atoms with Crippen LogP contribution >= 0.6 is 12.2 Å². The molecule has 0 aromatic heterocycles. The van der Waals surface area contributed by atoms with Crippen LogP contribution in [0.4, 0.5) is 5.69 Å². The molecule has 4 aromatic rings. The average molecular weight is 657 g/mol. The second kappa shape index (κ2) is 15.5. The van der Waals surface area contributed by atoms with E-state index in [1.54, 1.807) is 52.8 Å². The van der Waals surface area contributed by atoms with E-state index in [4.69, 9.17) is 17.0 Å². The Morgan fingerprint density at radius 3 is 1.91 bits per heavy atom. The van der Waals surface area contributed by atoms with Crippen molar-refractivity contribution in [2.24, 2.45) is 5.92 Å². The third kappa shape index (κ3) is 8.58. The molecule has 0 saturated carbocycles. The summed E-state index contributed by atoms with van der Waals surface area (Å²) in [5, 5.41) is 5.74. The lowest BCUT2D eigenvalue weighted by Crippen LogP contribution is -2.49. The number of nitrogens with one attached hydrogen (secondary N) is 2. The van der Waals surface area contributed by atoms with Crippen LogP contribution in [-0.2, 0) is 10.0 Å². The standard InChI is InChI=1S/C36H40N4O4S2/c1-27(2)21-26-44-32-17-13-30(14-18-32)35(41)38-36(45)37-31-15-19-33(20-16-31)46(42,43)40-24-22-39(23-25-40)34(28-9-5-3-6-10-28)29-11-7-4-8-12-29/h3-20,27,34H,21-26H2,1-2H3,(H2,37,38,41,45). The molecule has 1 aliphatic heterocycles. The Bertz CT molecular complexity index is 1650. The second-order valence-electron chi connectivity index (χ2n) is 11.7. The van der Waals surface area contributed by atoms with Crippen molar-refractivity contribution < 1.29 is 17.9 Å². The van der Waals surface area contributed by atoms with E-state index in [9.17, 15) is 13.2 Å². The van der Waals surface area contributed by atoms with E-state index in [1.807, 2.05) is 36.4 Å². The number of hydrogen-bond donors (Lipinski definition) is 2. The maximum Gasteiger partial charge on any atom is 0.257 e. The van der Waals surface area contributed by atoms with Gasteiger partial charge in [-0.2, -0.15) is 4.31 Å². The van der Waals surface area contributed by atoms with Crippen molar-refractivity contribution >= 4 is 38.9 Å². The Labute approximate surface area is 277 Å². The lowest BCUT2D eigenvalue weighted by molar-refractivity contribution is 0.0977. The molecule has 1 amide bonds. The largest absolute Gasteiger partial charge is 0.494 e. The first-order valence-corrected chi connectivity index (χ1v) is 17.3. The molecule has 1 saturated heterocycles. The fraction of sp³-hybridized carbons (Fsp3) is 0.278. The summed E-state index contributed by atoms with van der Waals surface area (Å²) in [6.07, 6.45) is 0.955. The number of anilines is 1. The Morgan fingerprint density at radius 2 is 1.37 bits per heavy atom. The molecular formula is C36H40N4O4S2. The van der Waals surface area contributed by atoms with Crippen molar-refractivity contribution in [3.8, 4) is 5.75 Å². The van der Waals surface area contributed by atoms with Crippen molar-refractivity contribution in [1.82, 2.24) is 14.5 Å². The average Bonchev–Trinajstić information content (AvgIpc) is 3.06. The van der Waals surface area contributed by atoms with Gasteiger partial charge in [0, 0.05) is 37.4 Å². The summed E-state index contributed by atoms with van der Waals surface area (Å²) in [6.45, 7) is 6.89. The number of rotatable bonds is 11. The molecule has 46 heavy (non-hydrogen) atoms. The van der Waals surface area contributed by atoms with E-state index in [2.05, 4.69) is 53.6 Å². The molecule has 2 N–H and O–H groups in total. The van der Waals surface area contributed by atoms with Gasteiger partial charge in [0.2, 0.25) is 10.0 Å². The molecule has 0 spiro atoms. The molecule has 240 valence electrons. The molecule has 0 aliphatic carbocycles. The van der Waals surface area contributed by atoms with Gasteiger partial charge in [-0.15, -0.1) is 0 Å². The minimum atomic E-state index is -3.69. The lowest BCUT2D eigenvalue weighted by atomic mass is 9.96. The molecule has 1 aliphatic rings. The van der Waals surface area contributed by atoms with Crippen LogP contribution in [-0.4, -0.2) is 61.4 Å². The summed E-state index contributed by atoms with van der Waals surface area (Å²) in [7, 11) is -3.69. The number of amides is 1. The van der Waals surface area contributed by atoms with Crippen LogP contribution < -0.4 is 15.4 Å². The maximum atomic E-state index is 13.5. The molecular weight excluding hydrogens is 617 g/mol. The number of hydrogen-bond acceptors (Lipinski definition) is 6. The fourth-order valence-corrected chi connectivity index (χ4v) is 7.03. The third-order valence-electron chi connectivity index (χ3n) is 7.93. The predicted molar refractivity (Wildman–Crippen MR) is 187 cm³/mol. The molecule has 5 rings (SSSR count). The summed E-state index contributed by atoms with van der Waals surface area (Å²) in [5.41, 5.74) is 3.38. The summed E-state index contributed by atoms with van der Waals surface area (Å²) < 4.78 is 34.4. The Hall–Kier alpha value is -4.09. The number of benzene rings is 4. The molecule has 1 heterocycles. The van der Waals surface area contributed by atoms with Gasteiger partial charge in [-0.3, -0.25) is 15.0 Å². The molecule has 0 radical (unpaired) electrons. The first kappa shape index (κ1) is 33.3. The lowest BCUT2D eigenvalue weighted by Gasteiger charge is -2.39. The predicted octanol–water partition coefficient (Wildman–Crippen LogP) is 6.33. The zero-order valence-electron chi connectivity index (χ0n) is 26.1. The Kier molecular flexibility index (Phi) is 11.2. The highest BCUT2D eigenvalue weighted by Crippen LogP contribution is 2.30. The summed E-state index contributed by atoms with van der Waals surface area (Å²) in [4.78, 5) is 15.2. The first-order chi connectivity index (χ1) is 22.2. The Morgan fingerprint density at radius 1 is 0.804 bits per heavy atom. The van der Waals surface area contributed by atoms with Crippen molar-refractivity contribution in [2.75, 3.05) is 38.1 Å². The molecule has 10 heteroatoms. The van der Waals surface area contributed by atoms with Crippen molar-refractivity contribution in [3.05, 3.63) is 126 Å². The number of piperazine rings is 1. The van der Waals surface area contributed by atoms with Crippen LogP contribution in [0.5, 0.6) is 5.75 Å². The van der Waals surface area contributed by atoms with E-state index in [1.165, 1.54) is 11.1 Å². The minimum absolute atomic E-state index is 0.0508. The van der Waals surface area contributed by atoms with Crippen LogP contribution in [0.15, 0.2) is 114 Å². The number of carbonyl (C=O) groups is 1. The van der Waals surface area contributed by atoms with Gasteiger partial charge in [-0.25, -0.2) is 8.42 Å². The number of sulfonamides is 1. The van der Waals surface area contributed by atoms with Gasteiger partial charge < -0.3 is 10.1 Å². The molecule has 4 aromatic carbocycles. The van der Waals surface area contributed by atoms with Crippen LogP contribution in [0.3, 0.4) is 0 Å². The first-order valence-electron chi connectivity index (χ1n) is 15.5. The monoisotopic (exact) mass is 656 g/mol. The van der Waals surface area contributed by atoms with Gasteiger partial charge in [0.25, 0.3) is 5.91 Å². The highest BCUT2D eigenvalue weighted by Gasteiger charge is 2.32. The molecule has 0 atom stereocenters. The van der Waals surface area contributed by atoms with Gasteiger partial charge in [0.15, 0.2) is 5.11 Å². The van der Waals surface area contributed by atoms with Gasteiger partial charge in [0.05, 0.1) is 17.5 Å². The fourth-order valence-electron chi connectivity index (χ4n) is 5.40. The van der Waals surface area contributed by atoms with E-state index >= 15 is 0 Å². The van der Waals surface area contributed by atoms with Crippen LogP contribution in [0.1, 0.15) is 47.8 Å². The van der Waals surface area contributed by atoms with Gasteiger partial charge in [0.1, 0.15) is 5.75 Å². The highest BCUT2D eigenvalue weighted by molar-refractivity contribution is 7.89. The smallest absolute Gasteiger partial charge is 0.257 e. The topological polar surface area (TPSA) is 91.0 Å². The van der Waals surface area contributed by atoms with E-state index in [0.717, 1.165) is 6.42 Å². The van der Waals surface area contributed by atoms with Crippen molar-refractivity contribution in [3.63, 3.8) is 0 Å². The quantitative estimate of drug-likeness (QED) is 0.182. The van der Waals surface area contributed by atoms with Gasteiger partial charge in [-0.1, -0.05) is 74.5 Å². The van der Waals surface area contributed by atoms with Crippen molar-refractivity contribution in [1.29, 1.82) is 0 Å². The third-order valence-corrected chi connectivity index (χ3v) is 10.0. The number of nitrogens with zero attached hydrogens (tertiary/aromatic N) is 2. The SMILES string of the molecule is CC(C)CCOc1ccc(C(=O)NC(=S)Nc2ccc(S(=O)(=O)N3CCN(C(c4ccccc4)c4ccccc4)CC3)cc2)cc1. The van der Waals surface area contributed by atoms with Crippen LogP contribution in [0.2, 0.25) is 0 Å². The van der Waals surface area contributed by atoms with Crippen molar-refractivity contribution in [2.45, 2.75) is 31.2 Å². The van der Waals surface area contributed by atoms with Gasteiger partial charge >= 0.3 is 0 Å². The molecule has 0 unspecified atom stereocenters. The number of carbonyl (C=O) groups excluding carboxylic acids is 1. The normalized spacial score (nSPS) is 14.3. The molecule has 1 fully saturated rings. The zero-order valence-corrected chi connectivity index (χ0v) is 27.8. The van der Waals surface area contributed by atoms with E-state index in [0.29, 0.717) is 55.7 Å². The maximum absolute atomic E-state index is 13.5. The highest BCUT2D eigenvalue weighted by atomic mass is 32.2. The van der Waals surface area contributed by atoms with E-state index < -0.39 is 10.0 Å². The minimum Gasteiger partial charge on any atom is -0.494 e. The van der Waals surface area contributed by atoms with E-state index in [-0.39, 0.29) is 22.0 Å². The summed E-state index contributed by atoms with van der Waals surface area (Å²) in [6, 6.07) is 34.0. The molecule has 8 nitrogen and oxygen atoms in total. The Balaban J connectivity index is 1.15. The second-order valence-corrected chi connectivity index (χ2v) is 14.0. The van der Waals surface area contributed by atoms with Crippen LogP contribution in [0, 0.1) is 5.92 Å². The van der Waals surface area contributed by atoms with Crippen LogP contribution in [0.25, 0.3) is 0 Å². The number of thiocarbonyl (C=S) groups is 1. The van der Waals surface area contributed by atoms with Gasteiger partial charge in [-0.05, 0) is 84.2 Å². The zero-order chi connectivity index (χ0) is 32.5. The summed E-state index contributed by atoms with van der Waals surface area (Å²) in [5.74, 6) is 0.907. The number of ether oxygens (including phenoxy) is 1.